The Hall–Kier alpha value is -3.25. The van der Waals surface area contributed by atoms with Crippen molar-refractivity contribution < 1.29 is 22.7 Å². The summed E-state index contributed by atoms with van der Waals surface area (Å²) in [5.74, 6) is 0.0765. The minimum absolute atomic E-state index is 0.101. The molecule has 10 heteroatoms. The number of rotatable bonds is 6. The van der Waals surface area contributed by atoms with Gasteiger partial charge in [0.25, 0.3) is 0 Å². The van der Waals surface area contributed by atoms with Gasteiger partial charge in [-0.15, -0.1) is 0 Å². The zero-order chi connectivity index (χ0) is 23.3. The Morgan fingerprint density at radius 1 is 1.32 bits per heavy atom. The number of benzene rings is 1. The van der Waals surface area contributed by atoms with Crippen LogP contribution in [-0.2, 0) is 4.79 Å². The number of halogens is 4. The lowest BCUT2D eigenvalue weighted by Gasteiger charge is -2.09. The summed E-state index contributed by atoms with van der Waals surface area (Å²) < 4.78 is 44.1. The van der Waals surface area contributed by atoms with E-state index in [4.69, 9.17) is 21.6 Å². The van der Waals surface area contributed by atoms with Crippen LogP contribution in [0.15, 0.2) is 41.7 Å². The van der Waals surface area contributed by atoms with E-state index in [0.29, 0.717) is 39.2 Å². The third kappa shape index (κ3) is 6.36. The lowest BCUT2D eigenvalue weighted by Crippen LogP contribution is -2.34. The highest BCUT2D eigenvalue weighted by atomic mass is 35.5. The summed E-state index contributed by atoms with van der Waals surface area (Å²) in [7, 11) is 0. The zero-order valence-corrected chi connectivity index (χ0v) is 18.0. The Balaban J connectivity index is 2.19. The minimum atomic E-state index is -4.47. The normalized spacial score (nSPS) is 12.5. The molecule has 0 atom stereocenters. The number of nitrogens with zero attached hydrogens (tertiary/aromatic N) is 3. The number of carbonyl (C=O) groups is 1. The minimum Gasteiger partial charge on any atom is -0.458 e. The highest BCUT2D eigenvalue weighted by Crippen LogP contribution is 2.28. The number of nitrogens with one attached hydrogen (secondary N) is 1. The maximum Gasteiger partial charge on any atom is 0.405 e. The highest BCUT2D eigenvalue weighted by molar-refractivity contribution is 6.31. The van der Waals surface area contributed by atoms with Gasteiger partial charge in [0.15, 0.2) is 5.75 Å². The van der Waals surface area contributed by atoms with E-state index in [0.717, 1.165) is 0 Å². The van der Waals surface area contributed by atoms with Crippen LogP contribution in [0.4, 0.5) is 13.2 Å². The first-order valence-corrected chi connectivity index (χ1v) is 9.45. The Labute approximate surface area is 182 Å². The number of ether oxygens (including phenoxy) is 1. The van der Waals surface area contributed by atoms with Crippen LogP contribution in [0, 0.1) is 25.2 Å². The molecule has 0 bridgehead atoms. The lowest BCUT2D eigenvalue weighted by molar-refractivity contribution is -0.136. The number of aryl methyl sites for hydroxylation is 1. The molecule has 6 nitrogen and oxygen atoms in total. The maximum atomic E-state index is 12.2. The summed E-state index contributed by atoms with van der Waals surface area (Å²) in [6, 6.07) is 6.92. The summed E-state index contributed by atoms with van der Waals surface area (Å²) in [6.07, 6.45) is -1.62. The van der Waals surface area contributed by atoms with Gasteiger partial charge in [-0.25, -0.2) is 4.68 Å². The van der Waals surface area contributed by atoms with Crippen LogP contribution in [0.25, 0.3) is 5.69 Å². The fourth-order valence-electron chi connectivity index (χ4n) is 2.59. The summed E-state index contributed by atoms with van der Waals surface area (Å²) in [5, 5.41) is 15.5. The summed E-state index contributed by atoms with van der Waals surface area (Å²) in [4.78, 5) is 11.7. The van der Waals surface area contributed by atoms with E-state index < -0.39 is 18.6 Å². The Kier molecular flexibility index (Phi) is 7.52. The number of aromatic nitrogens is 2. The van der Waals surface area contributed by atoms with Crippen LogP contribution < -0.4 is 10.1 Å². The Morgan fingerprint density at radius 3 is 2.58 bits per heavy atom. The van der Waals surface area contributed by atoms with Gasteiger partial charge in [-0.05, 0) is 52.0 Å². The molecule has 0 aliphatic heterocycles. The predicted molar refractivity (Wildman–Crippen MR) is 110 cm³/mol. The second-order valence-corrected chi connectivity index (χ2v) is 7.12. The summed E-state index contributed by atoms with van der Waals surface area (Å²) >= 11 is 6.10. The quantitative estimate of drug-likeness (QED) is 0.383. The van der Waals surface area contributed by atoms with Crippen LogP contribution in [0.5, 0.6) is 5.75 Å². The van der Waals surface area contributed by atoms with Crippen molar-refractivity contribution in [2.45, 2.75) is 33.9 Å². The van der Waals surface area contributed by atoms with Gasteiger partial charge in [0.2, 0.25) is 5.91 Å². The summed E-state index contributed by atoms with van der Waals surface area (Å²) in [6.45, 7) is 5.20. The molecule has 2 aromatic rings. The van der Waals surface area contributed by atoms with E-state index in [1.165, 1.54) is 19.1 Å². The van der Waals surface area contributed by atoms with E-state index in [-0.39, 0.29) is 5.57 Å². The molecule has 1 amide bonds. The van der Waals surface area contributed by atoms with Crippen molar-refractivity contribution in [1.82, 2.24) is 15.1 Å². The molecule has 2 rings (SSSR count). The second-order valence-electron chi connectivity index (χ2n) is 6.71. The van der Waals surface area contributed by atoms with Crippen molar-refractivity contribution in [3.05, 3.63) is 63.7 Å². The van der Waals surface area contributed by atoms with Crippen molar-refractivity contribution in [3.8, 4) is 17.5 Å². The predicted octanol–water partition coefficient (Wildman–Crippen LogP) is 4.92. The largest absolute Gasteiger partial charge is 0.458 e. The standard InChI is InChI=1S/C21H20ClF3N4O2/c1-12(20(30)27-11-21(23,24)25)5-6-13(2)31-19-14(3)28-29(15(19)4)17-8-7-16(10-26)18(22)9-17/h5-9H,11H2,1-4H3,(H,27,30)/b12-5+,13-6+. The number of alkyl halides is 3. The van der Waals surface area contributed by atoms with Gasteiger partial charge < -0.3 is 10.1 Å². The molecule has 0 aliphatic rings. The van der Waals surface area contributed by atoms with Crippen molar-refractivity contribution in [1.29, 1.82) is 5.26 Å². The second kappa shape index (κ2) is 9.71. The van der Waals surface area contributed by atoms with Gasteiger partial charge in [0, 0.05) is 5.57 Å². The van der Waals surface area contributed by atoms with E-state index in [2.05, 4.69) is 5.10 Å². The lowest BCUT2D eigenvalue weighted by atomic mass is 10.2. The molecule has 0 saturated carbocycles. The molecule has 1 heterocycles. The molecule has 0 unspecified atom stereocenters. The van der Waals surface area contributed by atoms with Crippen LogP contribution in [0.1, 0.15) is 30.8 Å². The number of hydrogen-bond donors (Lipinski definition) is 1. The number of hydrogen-bond acceptors (Lipinski definition) is 4. The molecule has 0 radical (unpaired) electrons. The first-order valence-electron chi connectivity index (χ1n) is 9.07. The van der Waals surface area contributed by atoms with Crippen LogP contribution in [0.3, 0.4) is 0 Å². The Morgan fingerprint density at radius 2 is 2.00 bits per heavy atom. The number of allylic oxidation sites excluding steroid dienone is 3. The van der Waals surface area contributed by atoms with Gasteiger partial charge in [0.1, 0.15) is 24.1 Å². The topological polar surface area (TPSA) is 79.9 Å². The first-order chi connectivity index (χ1) is 14.4. The molecule has 1 aromatic heterocycles. The van der Waals surface area contributed by atoms with Crippen molar-refractivity contribution >= 4 is 17.5 Å². The maximum absolute atomic E-state index is 12.2. The molecule has 1 aromatic carbocycles. The third-order valence-corrected chi connectivity index (χ3v) is 4.49. The first kappa shape index (κ1) is 24.0. The molecular formula is C21H20ClF3N4O2. The zero-order valence-electron chi connectivity index (χ0n) is 17.3. The van der Waals surface area contributed by atoms with Gasteiger partial charge in [0.05, 0.1) is 22.0 Å². The molecule has 0 fully saturated rings. The van der Waals surface area contributed by atoms with Gasteiger partial charge >= 0.3 is 6.18 Å². The third-order valence-electron chi connectivity index (χ3n) is 4.18. The summed E-state index contributed by atoms with van der Waals surface area (Å²) in [5.41, 5.74) is 2.37. The fraction of sp³-hybridized carbons (Fsp3) is 0.286. The van der Waals surface area contributed by atoms with E-state index in [1.807, 2.05) is 6.07 Å². The van der Waals surface area contributed by atoms with Crippen LogP contribution in [0.2, 0.25) is 5.02 Å². The molecule has 31 heavy (non-hydrogen) atoms. The number of nitriles is 1. The molecule has 0 aliphatic carbocycles. The van der Waals surface area contributed by atoms with E-state index in [1.54, 1.807) is 49.0 Å². The Bertz CT molecular complexity index is 1100. The monoisotopic (exact) mass is 452 g/mol. The van der Waals surface area contributed by atoms with Crippen molar-refractivity contribution in [2.75, 3.05) is 6.54 Å². The van der Waals surface area contributed by atoms with Crippen LogP contribution >= 0.6 is 11.6 Å². The molecule has 1 N–H and O–H groups in total. The van der Waals surface area contributed by atoms with Crippen molar-refractivity contribution in [3.63, 3.8) is 0 Å². The fourth-order valence-corrected chi connectivity index (χ4v) is 2.80. The number of carbonyl (C=O) groups excluding carboxylic acids is 1. The molecule has 0 saturated heterocycles. The van der Waals surface area contributed by atoms with Gasteiger partial charge in [-0.2, -0.15) is 23.5 Å². The van der Waals surface area contributed by atoms with Gasteiger partial charge in [-0.3, -0.25) is 4.79 Å². The molecule has 164 valence electrons. The molecule has 0 spiro atoms. The van der Waals surface area contributed by atoms with E-state index >= 15 is 0 Å². The average Bonchev–Trinajstić information content (AvgIpc) is 2.97. The smallest absolute Gasteiger partial charge is 0.405 e. The SMILES string of the molecule is C/C(=C\C=C(/C)C(=O)NCC(F)(F)F)Oc1c(C)nn(-c2ccc(C#N)c(Cl)c2)c1C. The molecular weight excluding hydrogens is 433 g/mol. The van der Waals surface area contributed by atoms with E-state index in [9.17, 15) is 18.0 Å². The average molecular weight is 453 g/mol. The number of amides is 1. The highest BCUT2D eigenvalue weighted by Gasteiger charge is 2.27. The van der Waals surface area contributed by atoms with Crippen molar-refractivity contribution in [2.24, 2.45) is 0 Å². The van der Waals surface area contributed by atoms with Gasteiger partial charge in [-0.1, -0.05) is 17.7 Å². The van der Waals surface area contributed by atoms with Crippen LogP contribution in [-0.4, -0.2) is 28.4 Å².